The molecule has 158 valence electrons. The van der Waals surface area contributed by atoms with E-state index in [0.29, 0.717) is 25.6 Å². The van der Waals surface area contributed by atoms with Gasteiger partial charge in [0.25, 0.3) is 5.91 Å². The molecule has 0 spiro atoms. The number of urea groups is 1. The molecule has 0 saturated carbocycles. The van der Waals surface area contributed by atoms with E-state index < -0.39 is 5.54 Å². The number of rotatable bonds is 7. The monoisotopic (exact) mass is 405 g/mol. The van der Waals surface area contributed by atoms with Gasteiger partial charge in [-0.25, -0.2) is 9.69 Å². The van der Waals surface area contributed by atoms with Crippen LogP contribution in [0.1, 0.15) is 43.7 Å². The maximum atomic E-state index is 13.7. The van der Waals surface area contributed by atoms with Crippen LogP contribution in [0.15, 0.2) is 60.7 Å². The van der Waals surface area contributed by atoms with Crippen LogP contribution < -0.4 is 5.32 Å². The summed E-state index contributed by atoms with van der Waals surface area (Å²) in [6, 6.07) is 20.1. The zero-order valence-electron chi connectivity index (χ0n) is 17.7. The standard InChI is InChI=1S/C25H31N3O2/c1-2-22-15-9-10-16-27(22)19-28-23(29)25(26-24(28)30,17-20-11-5-3-6-12-20)18-21-13-7-4-8-14-21/h3-8,11-14,22H,2,9-10,15-19H2,1H3,(H,26,30)/t22-/m1/s1. The van der Waals surface area contributed by atoms with Gasteiger partial charge in [0.15, 0.2) is 0 Å². The fourth-order valence-electron chi connectivity index (χ4n) is 4.89. The lowest BCUT2D eigenvalue weighted by atomic mass is 9.84. The second kappa shape index (κ2) is 9.00. The summed E-state index contributed by atoms with van der Waals surface area (Å²) in [6.45, 7) is 3.51. The molecular weight excluding hydrogens is 374 g/mol. The Hall–Kier alpha value is -2.66. The zero-order valence-corrected chi connectivity index (χ0v) is 17.7. The van der Waals surface area contributed by atoms with Crippen LogP contribution in [-0.2, 0) is 17.6 Å². The number of imide groups is 1. The first-order chi connectivity index (χ1) is 14.6. The van der Waals surface area contributed by atoms with Crippen molar-refractivity contribution in [2.75, 3.05) is 13.2 Å². The molecule has 0 bridgehead atoms. The van der Waals surface area contributed by atoms with Crippen molar-refractivity contribution in [1.82, 2.24) is 15.1 Å². The highest BCUT2D eigenvalue weighted by atomic mass is 16.2. The third-order valence-corrected chi connectivity index (χ3v) is 6.49. The first kappa shape index (κ1) is 20.6. The highest BCUT2D eigenvalue weighted by Gasteiger charge is 2.51. The summed E-state index contributed by atoms with van der Waals surface area (Å²) in [4.78, 5) is 30.5. The van der Waals surface area contributed by atoms with Gasteiger partial charge in [-0.3, -0.25) is 9.69 Å². The Balaban J connectivity index is 1.61. The first-order valence-electron chi connectivity index (χ1n) is 11.1. The second-order valence-corrected chi connectivity index (χ2v) is 8.58. The van der Waals surface area contributed by atoms with Crippen molar-refractivity contribution in [3.8, 4) is 0 Å². The Bertz CT molecular complexity index is 827. The van der Waals surface area contributed by atoms with Crippen molar-refractivity contribution in [2.45, 2.75) is 57.0 Å². The Morgan fingerprint density at radius 2 is 1.53 bits per heavy atom. The number of hydrogen-bond acceptors (Lipinski definition) is 3. The molecule has 0 unspecified atom stereocenters. The average Bonchev–Trinajstić information content (AvgIpc) is 2.99. The molecule has 5 heteroatoms. The number of carbonyl (C=O) groups excluding carboxylic acids is 2. The van der Waals surface area contributed by atoms with Crippen LogP contribution in [0.4, 0.5) is 4.79 Å². The van der Waals surface area contributed by atoms with Crippen LogP contribution in [-0.4, -0.2) is 46.5 Å². The molecule has 2 aliphatic rings. The Labute approximate surface area is 179 Å². The molecule has 1 atom stereocenters. The van der Waals surface area contributed by atoms with Gasteiger partial charge in [-0.2, -0.15) is 0 Å². The summed E-state index contributed by atoms with van der Waals surface area (Å²) in [7, 11) is 0. The lowest BCUT2D eigenvalue weighted by molar-refractivity contribution is -0.133. The van der Waals surface area contributed by atoms with Gasteiger partial charge in [-0.05, 0) is 30.4 Å². The molecule has 3 amide bonds. The second-order valence-electron chi connectivity index (χ2n) is 8.58. The maximum Gasteiger partial charge on any atom is 0.326 e. The van der Waals surface area contributed by atoms with Crippen molar-refractivity contribution < 1.29 is 9.59 Å². The molecule has 5 nitrogen and oxygen atoms in total. The van der Waals surface area contributed by atoms with E-state index in [1.54, 1.807) is 0 Å². The summed E-state index contributed by atoms with van der Waals surface area (Å²) < 4.78 is 0. The minimum Gasteiger partial charge on any atom is -0.322 e. The molecule has 2 heterocycles. The van der Waals surface area contributed by atoms with Gasteiger partial charge < -0.3 is 5.32 Å². The predicted molar refractivity (Wildman–Crippen MR) is 118 cm³/mol. The van der Waals surface area contributed by atoms with Gasteiger partial charge in [-0.1, -0.05) is 74.0 Å². The summed E-state index contributed by atoms with van der Waals surface area (Å²) >= 11 is 0. The predicted octanol–water partition coefficient (Wildman–Crippen LogP) is 3.98. The molecule has 2 aromatic rings. The van der Waals surface area contributed by atoms with Crippen molar-refractivity contribution in [3.63, 3.8) is 0 Å². The molecule has 0 aromatic heterocycles. The molecule has 0 radical (unpaired) electrons. The smallest absolute Gasteiger partial charge is 0.322 e. The van der Waals surface area contributed by atoms with Gasteiger partial charge in [0.2, 0.25) is 0 Å². The molecule has 1 N–H and O–H groups in total. The van der Waals surface area contributed by atoms with Crippen molar-refractivity contribution >= 4 is 11.9 Å². The number of benzene rings is 2. The lowest BCUT2D eigenvalue weighted by Gasteiger charge is -2.37. The summed E-state index contributed by atoms with van der Waals surface area (Å²) in [6.07, 6.45) is 5.50. The Morgan fingerprint density at radius 1 is 0.933 bits per heavy atom. The zero-order chi connectivity index (χ0) is 21.0. The summed E-state index contributed by atoms with van der Waals surface area (Å²) in [5, 5.41) is 3.10. The van der Waals surface area contributed by atoms with Crippen molar-refractivity contribution in [2.24, 2.45) is 0 Å². The molecule has 2 saturated heterocycles. The van der Waals surface area contributed by atoms with Crippen molar-refractivity contribution in [1.29, 1.82) is 0 Å². The van der Waals surface area contributed by atoms with Gasteiger partial charge in [-0.15, -0.1) is 0 Å². The van der Waals surface area contributed by atoms with Gasteiger partial charge in [0.1, 0.15) is 5.54 Å². The summed E-state index contributed by atoms with van der Waals surface area (Å²) in [5.74, 6) is -0.111. The van der Waals surface area contributed by atoms with E-state index in [1.807, 2.05) is 60.7 Å². The van der Waals surface area contributed by atoms with Gasteiger partial charge >= 0.3 is 6.03 Å². The number of carbonyl (C=O) groups is 2. The van der Waals surface area contributed by atoms with E-state index in [0.717, 1.165) is 36.9 Å². The summed E-state index contributed by atoms with van der Waals surface area (Å²) in [5.41, 5.74) is 1.15. The van der Waals surface area contributed by atoms with Crippen LogP contribution in [0.2, 0.25) is 0 Å². The van der Waals surface area contributed by atoms with Gasteiger partial charge in [0, 0.05) is 25.4 Å². The van der Waals surface area contributed by atoms with Crippen LogP contribution in [0.25, 0.3) is 0 Å². The molecule has 4 rings (SSSR count). The van der Waals surface area contributed by atoms with E-state index in [-0.39, 0.29) is 11.9 Å². The number of hydrogen-bond donors (Lipinski definition) is 1. The minimum absolute atomic E-state index is 0.111. The molecule has 2 fully saturated rings. The van der Waals surface area contributed by atoms with Crippen LogP contribution >= 0.6 is 0 Å². The van der Waals surface area contributed by atoms with E-state index in [1.165, 1.54) is 11.3 Å². The topological polar surface area (TPSA) is 52.6 Å². The van der Waals surface area contributed by atoms with E-state index >= 15 is 0 Å². The molecule has 2 aromatic carbocycles. The average molecular weight is 406 g/mol. The Kier molecular flexibility index (Phi) is 6.18. The minimum atomic E-state index is -0.947. The molecule has 0 aliphatic carbocycles. The fraction of sp³-hybridized carbons (Fsp3) is 0.440. The maximum absolute atomic E-state index is 13.7. The third kappa shape index (κ3) is 4.26. The lowest BCUT2D eigenvalue weighted by Crippen LogP contribution is -2.52. The normalized spacial score (nSPS) is 21.6. The number of amides is 3. The molecule has 30 heavy (non-hydrogen) atoms. The van der Waals surface area contributed by atoms with E-state index in [9.17, 15) is 9.59 Å². The molecular formula is C25H31N3O2. The van der Waals surface area contributed by atoms with E-state index in [2.05, 4.69) is 17.1 Å². The first-order valence-corrected chi connectivity index (χ1v) is 11.1. The third-order valence-electron chi connectivity index (χ3n) is 6.49. The van der Waals surface area contributed by atoms with Crippen LogP contribution in [0, 0.1) is 0 Å². The number of nitrogens with zero attached hydrogens (tertiary/aromatic N) is 2. The number of piperidine rings is 1. The van der Waals surface area contributed by atoms with Crippen molar-refractivity contribution in [3.05, 3.63) is 71.8 Å². The van der Waals surface area contributed by atoms with Crippen LogP contribution in [0.3, 0.4) is 0 Å². The quantitative estimate of drug-likeness (QED) is 0.709. The molecule has 2 aliphatic heterocycles. The highest BCUT2D eigenvalue weighted by molar-refractivity contribution is 6.07. The van der Waals surface area contributed by atoms with Crippen LogP contribution in [0.5, 0.6) is 0 Å². The number of nitrogens with one attached hydrogen (secondary N) is 1. The largest absolute Gasteiger partial charge is 0.326 e. The van der Waals surface area contributed by atoms with E-state index in [4.69, 9.17) is 0 Å². The van der Waals surface area contributed by atoms with Gasteiger partial charge in [0.05, 0.1) is 6.67 Å². The SMILES string of the molecule is CC[C@@H]1CCCCN1CN1C(=O)NC(Cc2ccccc2)(Cc2ccccc2)C1=O. The fourth-order valence-corrected chi connectivity index (χ4v) is 4.89. The Morgan fingerprint density at radius 3 is 2.10 bits per heavy atom. The highest BCUT2D eigenvalue weighted by Crippen LogP contribution is 2.29. The number of likely N-dealkylation sites (tertiary alicyclic amines) is 1.